The van der Waals surface area contributed by atoms with E-state index in [4.69, 9.17) is 10.5 Å². The quantitative estimate of drug-likeness (QED) is 0.772. The van der Waals surface area contributed by atoms with E-state index in [1.165, 1.54) is 6.20 Å². The van der Waals surface area contributed by atoms with Crippen molar-refractivity contribution in [3.8, 4) is 0 Å². The van der Waals surface area contributed by atoms with Crippen molar-refractivity contribution < 1.29 is 9.53 Å². The molecule has 0 saturated carbocycles. The van der Waals surface area contributed by atoms with Crippen LogP contribution in [0, 0.1) is 0 Å². The van der Waals surface area contributed by atoms with E-state index in [1.54, 1.807) is 12.1 Å². The number of nitrogens with two attached hydrogens (primary N) is 1. The summed E-state index contributed by atoms with van der Waals surface area (Å²) in [5.74, 6) is 0.0906. The Balaban J connectivity index is 1.91. The second-order valence-corrected chi connectivity index (χ2v) is 4.38. The van der Waals surface area contributed by atoms with E-state index in [2.05, 4.69) is 16.9 Å². The SMILES string of the molecule is CN1CCC(OC(=O)c2ccc(N)nc2)CC1. The number of aromatic nitrogens is 1. The molecule has 2 rings (SSSR count). The largest absolute Gasteiger partial charge is 0.459 e. The summed E-state index contributed by atoms with van der Waals surface area (Å²) < 4.78 is 5.42. The summed E-state index contributed by atoms with van der Waals surface area (Å²) in [7, 11) is 2.07. The highest BCUT2D eigenvalue weighted by atomic mass is 16.5. The van der Waals surface area contributed by atoms with E-state index in [9.17, 15) is 4.79 Å². The highest BCUT2D eigenvalue weighted by Gasteiger charge is 2.20. The maximum absolute atomic E-state index is 11.8. The van der Waals surface area contributed by atoms with Gasteiger partial charge < -0.3 is 15.4 Å². The van der Waals surface area contributed by atoms with E-state index < -0.39 is 0 Å². The average Bonchev–Trinajstić information content (AvgIpc) is 2.33. The molecule has 17 heavy (non-hydrogen) atoms. The van der Waals surface area contributed by atoms with Gasteiger partial charge in [0.15, 0.2) is 0 Å². The van der Waals surface area contributed by atoms with Gasteiger partial charge in [-0.05, 0) is 32.0 Å². The van der Waals surface area contributed by atoms with Crippen LogP contribution in [0.2, 0.25) is 0 Å². The fourth-order valence-electron chi connectivity index (χ4n) is 1.85. The molecule has 0 atom stereocenters. The van der Waals surface area contributed by atoms with E-state index in [0.29, 0.717) is 11.4 Å². The van der Waals surface area contributed by atoms with Crippen LogP contribution < -0.4 is 5.73 Å². The van der Waals surface area contributed by atoms with Crippen LogP contribution in [-0.4, -0.2) is 42.1 Å². The zero-order chi connectivity index (χ0) is 12.3. The van der Waals surface area contributed by atoms with Crippen LogP contribution in [0.15, 0.2) is 18.3 Å². The van der Waals surface area contributed by atoms with Gasteiger partial charge >= 0.3 is 5.97 Å². The number of nitrogen functional groups attached to an aromatic ring is 1. The summed E-state index contributed by atoms with van der Waals surface area (Å²) in [6.07, 6.45) is 3.26. The maximum atomic E-state index is 11.8. The first-order valence-corrected chi connectivity index (χ1v) is 5.76. The van der Waals surface area contributed by atoms with Gasteiger partial charge in [-0.15, -0.1) is 0 Å². The van der Waals surface area contributed by atoms with Gasteiger partial charge in [0, 0.05) is 19.3 Å². The number of esters is 1. The Morgan fingerprint density at radius 3 is 2.76 bits per heavy atom. The standard InChI is InChI=1S/C12H17N3O2/c1-15-6-4-10(5-7-15)17-12(16)9-2-3-11(13)14-8-9/h2-3,8,10H,4-7H2,1H3,(H2,13,14). The Morgan fingerprint density at radius 2 is 2.18 bits per heavy atom. The lowest BCUT2D eigenvalue weighted by atomic mass is 10.1. The second-order valence-electron chi connectivity index (χ2n) is 4.38. The monoisotopic (exact) mass is 235 g/mol. The van der Waals surface area contributed by atoms with Gasteiger partial charge in [-0.3, -0.25) is 0 Å². The molecule has 0 bridgehead atoms. The van der Waals surface area contributed by atoms with E-state index in [0.717, 1.165) is 25.9 Å². The van der Waals surface area contributed by atoms with Crippen molar-refractivity contribution in [1.82, 2.24) is 9.88 Å². The summed E-state index contributed by atoms with van der Waals surface area (Å²) >= 11 is 0. The molecule has 0 aliphatic carbocycles. The van der Waals surface area contributed by atoms with Gasteiger partial charge in [-0.25, -0.2) is 9.78 Å². The molecule has 0 radical (unpaired) electrons. The van der Waals surface area contributed by atoms with Crippen LogP contribution in [0.1, 0.15) is 23.2 Å². The first kappa shape index (κ1) is 11.9. The van der Waals surface area contributed by atoms with Gasteiger partial charge in [0.2, 0.25) is 0 Å². The number of nitrogens with zero attached hydrogens (tertiary/aromatic N) is 2. The van der Waals surface area contributed by atoms with Crippen LogP contribution >= 0.6 is 0 Å². The molecule has 1 aliphatic heterocycles. The summed E-state index contributed by atoms with van der Waals surface area (Å²) in [6.45, 7) is 1.94. The van der Waals surface area contributed by atoms with Crippen molar-refractivity contribution >= 4 is 11.8 Å². The minimum absolute atomic E-state index is 0.0243. The van der Waals surface area contributed by atoms with Gasteiger partial charge in [0.25, 0.3) is 0 Å². The van der Waals surface area contributed by atoms with Crippen LogP contribution in [-0.2, 0) is 4.74 Å². The lowest BCUT2D eigenvalue weighted by molar-refractivity contribution is 0.0139. The molecule has 0 aromatic carbocycles. The molecule has 5 heteroatoms. The lowest BCUT2D eigenvalue weighted by Crippen LogP contribution is -2.35. The zero-order valence-corrected chi connectivity index (χ0v) is 9.93. The molecule has 1 aliphatic rings. The topological polar surface area (TPSA) is 68.5 Å². The fourth-order valence-corrected chi connectivity index (χ4v) is 1.85. The molecule has 0 spiro atoms. The zero-order valence-electron chi connectivity index (χ0n) is 9.93. The second kappa shape index (κ2) is 5.14. The predicted molar refractivity (Wildman–Crippen MR) is 64.6 cm³/mol. The van der Waals surface area contributed by atoms with Crippen LogP contribution in [0.3, 0.4) is 0 Å². The Kier molecular flexibility index (Phi) is 3.58. The van der Waals surface area contributed by atoms with Gasteiger partial charge in [-0.1, -0.05) is 0 Å². The van der Waals surface area contributed by atoms with Gasteiger partial charge in [0.05, 0.1) is 5.56 Å². The molecule has 0 unspecified atom stereocenters. The normalized spacial score (nSPS) is 17.9. The molecule has 92 valence electrons. The Bertz CT molecular complexity index is 383. The Labute approximate surface area is 101 Å². The van der Waals surface area contributed by atoms with Crippen LogP contribution in [0.5, 0.6) is 0 Å². The minimum atomic E-state index is -0.313. The molecular weight excluding hydrogens is 218 g/mol. The number of carbonyl (C=O) groups excluding carboxylic acids is 1. The van der Waals surface area contributed by atoms with Crippen molar-refractivity contribution in [2.24, 2.45) is 0 Å². The van der Waals surface area contributed by atoms with Crippen LogP contribution in [0.4, 0.5) is 5.82 Å². The smallest absolute Gasteiger partial charge is 0.339 e. The molecule has 2 N–H and O–H groups in total. The Hall–Kier alpha value is -1.62. The van der Waals surface area contributed by atoms with Crippen molar-refractivity contribution in [2.75, 3.05) is 25.9 Å². The first-order valence-electron chi connectivity index (χ1n) is 5.76. The Morgan fingerprint density at radius 1 is 1.47 bits per heavy atom. The van der Waals surface area contributed by atoms with Crippen molar-refractivity contribution in [1.29, 1.82) is 0 Å². The lowest BCUT2D eigenvalue weighted by Gasteiger charge is -2.28. The highest BCUT2D eigenvalue weighted by Crippen LogP contribution is 2.14. The number of likely N-dealkylation sites (tertiary alicyclic amines) is 1. The van der Waals surface area contributed by atoms with Crippen LogP contribution in [0.25, 0.3) is 0 Å². The molecule has 0 amide bonds. The molecule has 1 saturated heterocycles. The fraction of sp³-hybridized carbons (Fsp3) is 0.500. The van der Waals surface area contributed by atoms with Crippen molar-refractivity contribution in [3.05, 3.63) is 23.9 Å². The van der Waals surface area contributed by atoms with E-state index in [1.807, 2.05) is 0 Å². The number of piperidine rings is 1. The van der Waals surface area contributed by atoms with E-state index >= 15 is 0 Å². The number of rotatable bonds is 2. The molecule has 1 aromatic rings. The highest BCUT2D eigenvalue weighted by molar-refractivity contribution is 5.89. The number of hydrogen-bond donors (Lipinski definition) is 1. The van der Waals surface area contributed by atoms with Crippen molar-refractivity contribution in [3.63, 3.8) is 0 Å². The molecule has 1 fully saturated rings. The van der Waals surface area contributed by atoms with Gasteiger partial charge in [0.1, 0.15) is 11.9 Å². The van der Waals surface area contributed by atoms with E-state index in [-0.39, 0.29) is 12.1 Å². The third kappa shape index (κ3) is 3.17. The first-order chi connectivity index (χ1) is 8.15. The number of ether oxygens (including phenoxy) is 1. The third-order valence-electron chi connectivity index (χ3n) is 2.96. The van der Waals surface area contributed by atoms with Gasteiger partial charge in [-0.2, -0.15) is 0 Å². The summed E-state index contributed by atoms with van der Waals surface area (Å²) in [6, 6.07) is 3.24. The molecular formula is C12H17N3O2. The number of carbonyl (C=O) groups is 1. The maximum Gasteiger partial charge on any atom is 0.339 e. The molecule has 5 nitrogen and oxygen atoms in total. The number of anilines is 1. The third-order valence-corrected chi connectivity index (χ3v) is 2.96. The summed E-state index contributed by atoms with van der Waals surface area (Å²) in [5, 5.41) is 0. The molecule has 1 aromatic heterocycles. The van der Waals surface area contributed by atoms with Crippen molar-refractivity contribution in [2.45, 2.75) is 18.9 Å². The average molecular weight is 235 g/mol. The number of hydrogen-bond acceptors (Lipinski definition) is 5. The minimum Gasteiger partial charge on any atom is -0.459 e. The molecule has 2 heterocycles. The summed E-state index contributed by atoms with van der Waals surface area (Å²) in [5.41, 5.74) is 5.91. The predicted octanol–water partition coefficient (Wildman–Crippen LogP) is 0.915. The number of pyridine rings is 1. The summed E-state index contributed by atoms with van der Waals surface area (Å²) in [4.78, 5) is 17.9.